The van der Waals surface area contributed by atoms with E-state index in [2.05, 4.69) is 10.2 Å². The summed E-state index contributed by atoms with van der Waals surface area (Å²) in [6.45, 7) is 9.72. The molecule has 144 valence electrons. The second-order valence-corrected chi connectivity index (χ2v) is 8.24. The number of ether oxygens (including phenoxy) is 1. The normalized spacial score (nSPS) is 23.4. The van der Waals surface area contributed by atoms with E-state index in [1.165, 1.54) is 0 Å². The largest absolute Gasteiger partial charge is 0.444 e. The Hall–Kier alpha value is -1.34. The molecule has 0 unspecified atom stereocenters. The van der Waals surface area contributed by atoms with Crippen LogP contribution < -0.4 is 5.32 Å². The maximum Gasteiger partial charge on any atom is 0.408 e. The standard InChI is InChI=1S/C18H33N3O4/c1-18(2,3)25-17(24)19-11-16(23)21-8-4-5-14(13-21)12-20-9-6-15(22)7-10-20/h14-15,22H,4-13H2,1-3H3,(H,19,24)/t14-/m0/s1. The van der Waals surface area contributed by atoms with E-state index >= 15 is 0 Å². The minimum absolute atomic E-state index is 0.0163. The van der Waals surface area contributed by atoms with E-state index in [1.807, 2.05) is 4.90 Å². The summed E-state index contributed by atoms with van der Waals surface area (Å²) in [7, 11) is 0. The second kappa shape index (κ2) is 8.85. The van der Waals surface area contributed by atoms with Crippen molar-refractivity contribution < 1.29 is 19.4 Å². The lowest BCUT2D eigenvalue weighted by Gasteiger charge is -2.37. The molecule has 0 bridgehead atoms. The van der Waals surface area contributed by atoms with Crippen molar-refractivity contribution in [2.45, 2.75) is 58.2 Å². The van der Waals surface area contributed by atoms with E-state index in [-0.39, 0.29) is 18.6 Å². The van der Waals surface area contributed by atoms with Gasteiger partial charge < -0.3 is 25.0 Å². The van der Waals surface area contributed by atoms with E-state index < -0.39 is 11.7 Å². The maximum atomic E-state index is 12.4. The van der Waals surface area contributed by atoms with Crippen LogP contribution in [0.3, 0.4) is 0 Å². The predicted molar refractivity (Wildman–Crippen MR) is 95.2 cm³/mol. The third-order valence-corrected chi connectivity index (χ3v) is 4.73. The molecule has 2 heterocycles. The Morgan fingerprint density at radius 3 is 2.48 bits per heavy atom. The number of alkyl carbamates (subject to hydrolysis) is 1. The summed E-state index contributed by atoms with van der Waals surface area (Å²) in [5.41, 5.74) is -0.564. The van der Waals surface area contributed by atoms with Crippen LogP contribution in [0.2, 0.25) is 0 Å². The molecule has 25 heavy (non-hydrogen) atoms. The number of hydrogen-bond acceptors (Lipinski definition) is 5. The highest BCUT2D eigenvalue weighted by Gasteiger charge is 2.27. The van der Waals surface area contributed by atoms with Crippen LogP contribution in [0.4, 0.5) is 4.79 Å². The molecule has 0 radical (unpaired) electrons. The first-order chi connectivity index (χ1) is 11.7. The van der Waals surface area contributed by atoms with Crippen LogP contribution in [0.1, 0.15) is 46.5 Å². The zero-order valence-electron chi connectivity index (χ0n) is 15.8. The van der Waals surface area contributed by atoms with E-state index in [0.717, 1.165) is 58.4 Å². The summed E-state index contributed by atoms with van der Waals surface area (Å²) in [6.07, 6.45) is 3.10. The predicted octanol–water partition coefficient (Wildman–Crippen LogP) is 1.21. The SMILES string of the molecule is CC(C)(C)OC(=O)NCC(=O)N1CCC[C@@H](CN2CCC(O)CC2)C1. The fourth-order valence-electron chi connectivity index (χ4n) is 3.48. The molecule has 2 aliphatic heterocycles. The summed E-state index contributed by atoms with van der Waals surface area (Å²) in [5, 5.41) is 12.1. The van der Waals surface area contributed by atoms with Crippen molar-refractivity contribution in [2.75, 3.05) is 39.3 Å². The highest BCUT2D eigenvalue weighted by atomic mass is 16.6. The van der Waals surface area contributed by atoms with Crippen molar-refractivity contribution in [2.24, 2.45) is 5.92 Å². The van der Waals surface area contributed by atoms with Crippen molar-refractivity contribution in [1.29, 1.82) is 0 Å². The molecule has 7 heteroatoms. The number of nitrogens with zero attached hydrogens (tertiary/aromatic N) is 2. The Morgan fingerprint density at radius 2 is 1.84 bits per heavy atom. The summed E-state index contributed by atoms with van der Waals surface area (Å²) >= 11 is 0. The number of nitrogens with one attached hydrogen (secondary N) is 1. The molecule has 0 spiro atoms. The third-order valence-electron chi connectivity index (χ3n) is 4.73. The van der Waals surface area contributed by atoms with Crippen LogP contribution in [-0.2, 0) is 9.53 Å². The second-order valence-electron chi connectivity index (χ2n) is 8.24. The third kappa shape index (κ3) is 7.20. The topological polar surface area (TPSA) is 82.1 Å². The average Bonchev–Trinajstić information content (AvgIpc) is 2.53. The zero-order chi connectivity index (χ0) is 18.4. The molecule has 0 aromatic rings. The molecule has 1 atom stereocenters. The van der Waals surface area contributed by atoms with Gasteiger partial charge in [-0.25, -0.2) is 4.79 Å². The van der Waals surface area contributed by atoms with Crippen molar-refractivity contribution in [1.82, 2.24) is 15.1 Å². The van der Waals surface area contributed by atoms with E-state index in [0.29, 0.717) is 5.92 Å². The van der Waals surface area contributed by atoms with Crippen molar-refractivity contribution >= 4 is 12.0 Å². The van der Waals surface area contributed by atoms with Gasteiger partial charge in [0.05, 0.1) is 6.10 Å². The Bertz CT molecular complexity index is 456. The summed E-state index contributed by atoms with van der Waals surface area (Å²) in [4.78, 5) is 28.3. The number of hydrogen-bond donors (Lipinski definition) is 2. The lowest BCUT2D eigenvalue weighted by molar-refractivity contribution is -0.132. The molecule has 2 amide bonds. The molecule has 2 aliphatic rings. The highest BCUT2D eigenvalue weighted by Crippen LogP contribution is 2.20. The first-order valence-corrected chi connectivity index (χ1v) is 9.38. The Balaban J connectivity index is 1.72. The number of aliphatic hydroxyl groups is 1. The summed E-state index contributed by atoms with van der Waals surface area (Å²) in [5.74, 6) is 0.416. The van der Waals surface area contributed by atoms with E-state index in [4.69, 9.17) is 4.74 Å². The smallest absolute Gasteiger partial charge is 0.408 e. The van der Waals surface area contributed by atoms with Crippen LogP contribution in [0, 0.1) is 5.92 Å². The van der Waals surface area contributed by atoms with Gasteiger partial charge in [-0.2, -0.15) is 0 Å². The summed E-state index contributed by atoms with van der Waals surface area (Å²) in [6, 6.07) is 0. The number of aliphatic hydroxyl groups excluding tert-OH is 1. The van der Waals surface area contributed by atoms with E-state index in [9.17, 15) is 14.7 Å². The van der Waals surface area contributed by atoms with Crippen LogP contribution >= 0.6 is 0 Å². The molecule has 2 rings (SSSR count). The number of rotatable bonds is 4. The molecule has 7 nitrogen and oxygen atoms in total. The maximum absolute atomic E-state index is 12.4. The quantitative estimate of drug-likeness (QED) is 0.792. The summed E-state index contributed by atoms with van der Waals surface area (Å²) < 4.78 is 5.16. The first-order valence-electron chi connectivity index (χ1n) is 9.38. The molecule has 2 fully saturated rings. The Kier molecular flexibility index (Phi) is 7.07. The van der Waals surface area contributed by atoms with Crippen LogP contribution in [0.5, 0.6) is 0 Å². The number of likely N-dealkylation sites (tertiary alicyclic amines) is 2. The van der Waals surface area contributed by atoms with Gasteiger partial charge >= 0.3 is 6.09 Å². The van der Waals surface area contributed by atoms with Gasteiger partial charge in [0.2, 0.25) is 5.91 Å². The number of carbonyl (C=O) groups excluding carboxylic acids is 2. The molecule has 0 aromatic carbocycles. The monoisotopic (exact) mass is 355 g/mol. The zero-order valence-corrected chi connectivity index (χ0v) is 15.8. The van der Waals surface area contributed by atoms with Gasteiger partial charge in [-0.1, -0.05) is 0 Å². The molecule has 2 N–H and O–H groups in total. The van der Waals surface area contributed by atoms with Crippen LogP contribution in [0.25, 0.3) is 0 Å². The highest BCUT2D eigenvalue weighted by molar-refractivity contribution is 5.82. The molecular weight excluding hydrogens is 322 g/mol. The molecule has 0 aliphatic carbocycles. The van der Waals surface area contributed by atoms with Gasteiger partial charge in [0.1, 0.15) is 12.1 Å². The van der Waals surface area contributed by atoms with Gasteiger partial charge in [-0.05, 0) is 52.4 Å². The Morgan fingerprint density at radius 1 is 1.16 bits per heavy atom. The minimum Gasteiger partial charge on any atom is -0.444 e. The lowest BCUT2D eigenvalue weighted by atomic mass is 9.96. The number of amides is 2. The van der Waals surface area contributed by atoms with Gasteiger partial charge in [-0.15, -0.1) is 0 Å². The van der Waals surface area contributed by atoms with Crippen molar-refractivity contribution in [3.05, 3.63) is 0 Å². The molecular formula is C18H33N3O4. The van der Waals surface area contributed by atoms with Gasteiger partial charge in [0, 0.05) is 32.7 Å². The average molecular weight is 355 g/mol. The Labute approximate surface area is 150 Å². The van der Waals surface area contributed by atoms with Crippen LogP contribution in [0.15, 0.2) is 0 Å². The lowest BCUT2D eigenvalue weighted by Crippen LogP contribution is -2.48. The van der Waals surface area contributed by atoms with Crippen molar-refractivity contribution in [3.63, 3.8) is 0 Å². The van der Waals surface area contributed by atoms with Gasteiger partial charge in [0.25, 0.3) is 0 Å². The first kappa shape index (κ1) is 20.0. The fraction of sp³-hybridized carbons (Fsp3) is 0.889. The molecule has 0 saturated carbocycles. The number of piperidine rings is 2. The fourth-order valence-corrected chi connectivity index (χ4v) is 3.48. The van der Waals surface area contributed by atoms with E-state index in [1.54, 1.807) is 20.8 Å². The van der Waals surface area contributed by atoms with Crippen molar-refractivity contribution in [3.8, 4) is 0 Å². The molecule has 2 saturated heterocycles. The van der Waals surface area contributed by atoms with Gasteiger partial charge in [-0.3, -0.25) is 4.79 Å². The molecule has 0 aromatic heterocycles. The number of carbonyl (C=O) groups is 2. The minimum atomic E-state index is -0.564. The van der Waals surface area contributed by atoms with Gasteiger partial charge in [0.15, 0.2) is 0 Å². The van der Waals surface area contributed by atoms with Crippen LogP contribution in [-0.4, -0.2) is 77.9 Å².